The van der Waals surface area contributed by atoms with Crippen LogP contribution < -0.4 is 0 Å². The van der Waals surface area contributed by atoms with Crippen molar-refractivity contribution >= 4 is 0 Å². The number of aliphatic hydroxyl groups is 1. The van der Waals surface area contributed by atoms with Gasteiger partial charge in [-0.1, -0.05) is 17.9 Å². The van der Waals surface area contributed by atoms with Crippen molar-refractivity contribution < 1.29 is 14.2 Å². The van der Waals surface area contributed by atoms with Crippen LogP contribution in [0.15, 0.2) is 18.2 Å². The van der Waals surface area contributed by atoms with Gasteiger partial charge in [0.25, 0.3) is 0 Å². The highest BCUT2D eigenvalue weighted by molar-refractivity contribution is 5.38. The lowest BCUT2D eigenvalue weighted by Crippen LogP contribution is -2.42. The summed E-state index contributed by atoms with van der Waals surface area (Å²) in [4.78, 5) is 2.32. The zero-order valence-electron chi connectivity index (χ0n) is 11.7. The number of hydrogen-bond acceptors (Lipinski definition) is 3. The summed E-state index contributed by atoms with van der Waals surface area (Å²) in [6, 6.07) is 5.43. The summed E-state index contributed by atoms with van der Waals surface area (Å²) >= 11 is 0. The maximum Gasteiger partial charge on any atom is 0.138 e. The first-order chi connectivity index (χ1) is 9.70. The van der Waals surface area contributed by atoms with Crippen LogP contribution in [-0.2, 0) is 11.3 Å². The Balaban J connectivity index is 2.09. The predicted molar refractivity (Wildman–Crippen MR) is 75.7 cm³/mol. The quantitative estimate of drug-likeness (QED) is 0.855. The number of nitrogens with zero attached hydrogens (tertiary/aromatic N) is 1. The van der Waals surface area contributed by atoms with Crippen LogP contribution in [-0.4, -0.2) is 42.4 Å². The first kappa shape index (κ1) is 15.0. The second-order valence-corrected chi connectivity index (χ2v) is 4.98. The van der Waals surface area contributed by atoms with E-state index in [1.54, 1.807) is 12.1 Å². The van der Waals surface area contributed by atoms with Gasteiger partial charge in [0.2, 0.25) is 0 Å². The second-order valence-electron chi connectivity index (χ2n) is 4.98. The van der Waals surface area contributed by atoms with E-state index in [9.17, 15) is 4.39 Å². The van der Waals surface area contributed by atoms with Gasteiger partial charge < -0.3 is 9.84 Å². The SMILES string of the molecule is CC1COCCN1Cc1ccc(F)c(C#CCCO)c1. The molecule has 1 heterocycles. The van der Waals surface area contributed by atoms with Crippen LogP contribution in [0.4, 0.5) is 4.39 Å². The highest BCUT2D eigenvalue weighted by Crippen LogP contribution is 2.15. The number of morpholine rings is 1. The molecule has 1 aliphatic heterocycles. The van der Waals surface area contributed by atoms with Gasteiger partial charge in [-0.05, 0) is 24.6 Å². The summed E-state index contributed by atoms with van der Waals surface area (Å²) in [5.74, 6) is 5.22. The standard InChI is InChI=1S/C16H20FNO2/c1-13-12-20-9-7-18(13)11-14-5-6-16(17)15(10-14)4-2-3-8-19/h5-6,10,13,19H,3,7-9,11-12H2,1H3. The van der Waals surface area contributed by atoms with Crippen molar-refractivity contribution in [1.29, 1.82) is 0 Å². The smallest absolute Gasteiger partial charge is 0.138 e. The van der Waals surface area contributed by atoms with E-state index in [1.807, 2.05) is 0 Å². The minimum Gasteiger partial charge on any atom is -0.395 e. The molecule has 1 saturated heterocycles. The van der Waals surface area contributed by atoms with Gasteiger partial charge in [0.15, 0.2) is 0 Å². The molecular formula is C16H20FNO2. The number of ether oxygens (including phenoxy) is 1. The van der Waals surface area contributed by atoms with Crippen LogP contribution in [0.25, 0.3) is 0 Å². The Labute approximate surface area is 119 Å². The average Bonchev–Trinajstić information content (AvgIpc) is 2.45. The molecule has 1 atom stereocenters. The van der Waals surface area contributed by atoms with Gasteiger partial charge in [0.05, 0.1) is 25.4 Å². The number of hydrogen-bond donors (Lipinski definition) is 1. The lowest BCUT2D eigenvalue weighted by molar-refractivity contribution is -0.00437. The van der Waals surface area contributed by atoms with Crippen molar-refractivity contribution in [2.45, 2.75) is 25.9 Å². The molecule has 0 amide bonds. The maximum atomic E-state index is 13.7. The van der Waals surface area contributed by atoms with E-state index >= 15 is 0 Å². The fraction of sp³-hybridized carbons (Fsp3) is 0.500. The molecule has 0 spiro atoms. The van der Waals surface area contributed by atoms with E-state index in [1.165, 1.54) is 6.07 Å². The van der Waals surface area contributed by atoms with Gasteiger partial charge in [-0.2, -0.15) is 0 Å². The third kappa shape index (κ3) is 4.04. The van der Waals surface area contributed by atoms with E-state index in [0.717, 1.165) is 31.9 Å². The molecule has 0 radical (unpaired) electrons. The molecule has 1 aliphatic rings. The Morgan fingerprint density at radius 3 is 3.10 bits per heavy atom. The minimum absolute atomic E-state index is 0.000395. The molecule has 2 rings (SSSR count). The first-order valence-electron chi connectivity index (χ1n) is 6.90. The lowest BCUT2D eigenvalue weighted by Gasteiger charge is -2.33. The Kier molecular flexibility index (Phi) is 5.54. The molecule has 4 heteroatoms. The molecule has 20 heavy (non-hydrogen) atoms. The number of aliphatic hydroxyl groups excluding tert-OH is 1. The second kappa shape index (κ2) is 7.39. The van der Waals surface area contributed by atoms with Crippen LogP contribution >= 0.6 is 0 Å². The van der Waals surface area contributed by atoms with Crippen molar-refractivity contribution in [2.24, 2.45) is 0 Å². The monoisotopic (exact) mass is 277 g/mol. The summed E-state index contributed by atoms with van der Waals surface area (Å²) in [6.07, 6.45) is 0.365. The predicted octanol–water partition coefficient (Wildman–Crippen LogP) is 1.78. The minimum atomic E-state index is -0.311. The van der Waals surface area contributed by atoms with E-state index in [-0.39, 0.29) is 12.4 Å². The van der Waals surface area contributed by atoms with Crippen LogP contribution in [0, 0.1) is 17.7 Å². The molecule has 1 fully saturated rings. The van der Waals surface area contributed by atoms with Crippen LogP contribution in [0.1, 0.15) is 24.5 Å². The van der Waals surface area contributed by atoms with Crippen molar-refractivity contribution in [1.82, 2.24) is 4.90 Å². The van der Waals surface area contributed by atoms with Crippen molar-refractivity contribution in [2.75, 3.05) is 26.4 Å². The molecule has 1 aromatic rings. The molecule has 3 nitrogen and oxygen atoms in total. The number of rotatable bonds is 3. The topological polar surface area (TPSA) is 32.7 Å². The fourth-order valence-electron chi connectivity index (χ4n) is 2.21. The molecule has 1 N–H and O–H groups in total. The number of halogens is 1. The van der Waals surface area contributed by atoms with E-state index < -0.39 is 0 Å². The summed E-state index contributed by atoms with van der Waals surface area (Å²) in [6.45, 7) is 5.28. The Morgan fingerprint density at radius 1 is 1.50 bits per heavy atom. The van der Waals surface area contributed by atoms with E-state index in [4.69, 9.17) is 9.84 Å². The van der Waals surface area contributed by atoms with Gasteiger partial charge in [0.1, 0.15) is 5.82 Å². The van der Waals surface area contributed by atoms with Crippen LogP contribution in [0.3, 0.4) is 0 Å². The van der Waals surface area contributed by atoms with Gasteiger partial charge >= 0.3 is 0 Å². The lowest BCUT2D eigenvalue weighted by atomic mass is 10.1. The molecular weight excluding hydrogens is 257 g/mol. The molecule has 1 aromatic carbocycles. The van der Waals surface area contributed by atoms with Crippen molar-refractivity contribution in [3.8, 4) is 11.8 Å². The molecule has 108 valence electrons. The average molecular weight is 277 g/mol. The third-order valence-electron chi connectivity index (χ3n) is 3.38. The summed E-state index contributed by atoms with van der Waals surface area (Å²) in [7, 11) is 0. The van der Waals surface area contributed by atoms with Crippen LogP contribution in [0.5, 0.6) is 0 Å². The van der Waals surface area contributed by atoms with Crippen molar-refractivity contribution in [3.05, 3.63) is 35.1 Å². The fourth-order valence-corrected chi connectivity index (χ4v) is 2.21. The Morgan fingerprint density at radius 2 is 2.35 bits per heavy atom. The van der Waals surface area contributed by atoms with E-state index in [2.05, 4.69) is 23.7 Å². The molecule has 0 saturated carbocycles. The zero-order valence-corrected chi connectivity index (χ0v) is 11.7. The zero-order chi connectivity index (χ0) is 14.4. The van der Waals surface area contributed by atoms with Crippen LogP contribution in [0.2, 0.25) is 0 Å². The third-order valence-corrected chi connectivity index (χ3v) is 3.38. The summed E-state index contributed by atoms with van der Waals surface area (Å²) < 4.78 is 19.1. The maximum absolute atomic E-state index is 13.7. The van der Waals surface area contributed by atoms with Crippen molar-refractivity contribution in [3.63, 3.8) is 0 Å². The molecule has 0 aliphatic carbocycles. The van der Waals surface area contributed by atoms with Gasteiger partial charge in [-0.25, -0.2) is 4.39 Å². The molecule has 0 bridgehead atoms. The highest BCUT2D eigenvalue weighted by atomic mass is 19.1. The van der Waals surface area contributed by atoms with Gasteiger partial charge in [-0.15, -0.1) is 0 Å². The molecule has 1 unspecified atom stereocenters. The number of benzene rings is 1. The van der Waals surface area contributed by atoms with E-state index in [0.29, 0.717) is 18.0 Å². The first-order valence-corrected chi connectivity index (χ1v) is 6.90. The highest BCUT2D eigenvalue weighted by Gasteiger charge is 2.18. The molecule has 0 aromatic heterocycles. The Bertz CT molecular complexity index is 507. The largest absolute Gasteiger partial charge is 0.395 e. The Hall–Kier alpha value is -1.41. The summed E-state index contributed by atoms with van der Waals surface area (Å²) in [5.41, 5.74) is 1.45. The summed E-state index contributed by atoms with van der Waals surface area (Å²) in [5, 5.41) is 8.70. The normalized spacial score (nSPS) is 19.4. The van der Waals surface area contributed by atoms with Gasteiger partial charge in [-0.3, -0.25) is 4.90 Å². The van der Waals surface area contributed by atoms with Gasteiger partial charge in [0, 0.05) is 25.6 Å².